The molecule has 8 N–H and O–H groups in total. The summed E-state index contributed by atoms with van der Waals surface area (Å²) in [4.78, 5) is 2.26. The predicted octanol–water partition coefficient (Wildman–Crippen LogP) is -0.0161. The molecule has 0 aromatic heterocycles. The minimum atomic E-state index is -4.13. The van der Waals surface area contributed by atoms with Crippen molar-refractivity contribution in [3.63, 3.8) is 0 Å². The molecule has 13 heteroatoms. The second kappa shape index (κ2) is 11.5. The Balaban J connectivity index is 0.000000406. The Bertz CT molecular complexity index is 730. The lowest BCUT2D eigenvalue weighted by atomic mass is 10.3. The molecular formula is C12H18N4O7S2. The first-order valence-corrected chi connectivity index (χ1v) is 9.13. The van der Waals surface area contributed by atoms with Crippen molar-refractivity contribution in [3.05, 3.63) is 60.7 Å². The molecular weight excluding hydrogens is 376 g/mol. The van der Waals surface area contributed by atoms with Gasteiger partial charge < -0.3 is 4.74 Å². The number of rotatable bonds is 4. The van der Waals surface area contributed by atoms with Gasteiger partial charge in [0.1, 0.15) is 11.5 Å². The maximum atomic E-state index is 9.32. The lowest BCUT2D eigenvalue weighted by Crippen LogP contribution is -2.29. The summed E-state index contributed by atoms with van der Waals surface area (Å²) in [6.07, 6.45) is 0. The van der Waals surface area contributed by atoms with Gasteiger partial charge in [-0.2, -0.15) is 16.8 Å². The summed E-state index contributed by atoms with van der Waals surface area (Å²) in [5, 5.41) is 0. The molecule has 0 amide bonds. The van der Waals surface area contributed by atoms with Crippen LogP contribution in [0.4, 0.5) is 0 Å². The number of nitrogens with two attached hydrogens (primary N) is 2. The Hall–Kier alpha value is -2.10. The first kappa shape index (κ1) is 22.9. The topological polar surface area (TPSA) is 194 Å². The zero-order valence-electron chi connectivity index (χ0n) is 12.7. The van der Waals surface area contributed by atoms with Crippen molar-refractivity contribution < 1.29 is 30.7 Å². The molecule has 2 rings (SSSR count). The van der Waals surface area contributed by atoms with E-state index in [0.29, 0.717) is 0 Å². The highest BCUT2D eigenvalue weighted by Crippen LogP contribution is 2.19. The molecule has 0 aliphatic heterocycles. The summed E-state index contributed by atoms with van der Waals surface area (Å²) >= 11 is 0. The van der Waals surface area contributed by atoms with Crippen LogP contribution in [0.2, 0.25) is 0 Å². The number of nitrogens with one attached hydrogen (secondary N) is 2. The third-order valence-corrected chi connectivity index (χ3v) is 2.62. The summed E-state index contributed by atoms with van der Waals surface area (Å²) in [7, 11) is -8.27. The van der Waals surface area contributed by atoms with Gasteiger partial charge in [0.05, 0.1) is 0 Å². The molecule has 0 saturated heterocycles. The van der Waals surface area contributed by atoms with Gasteiger partial charge in [-0.3, -0.25) is 20.8 Å². The largest absolute Gasteiger partial charge is 0.457 e. The summed E-state index contributed by atoms with van der Waals surface area (Å²) in [5.41, 5.74) is 0. The van der Waals surface area contributed by atoms with E-state index in [-0.39, 0.29) is 0 Å². The Morgan fingerprint density at radius 1 is 0.680 bits per heavy atom. The van der Waals surface area contributed by atoms with E-state index in [1.54, 1.807) is 0 Å². The molecule has 0 saturated carbocycles. The van der Waals surface area contributed by atoms with Crippen LogP contribution in [0.3, 0.4) is 0 Å². The van der Waals surface area contributed by atoms with Gasteiger partial charge in [-0.25, -0.2) is 0 Å². The number of hydrazine groups is 2. The SMILES string of the molecule is NNS(=O)(=O)O.NNS(=O)(=O)O.c1ccc(Oc2ccccc2)cc1. The number of hydrogen-bond donors (Lipinski definition) is 6. The van der Waals surface area contributed by atoms with Crippen LogP contribution in [0.15, 0.2) is 60.7 Å². The molecule has 11 nitrogen and oxygen atoms in total. The highest BCUT2D eigenvalue weighted by molar-refractivity contribution is 7.83. The van der Waals surface area contributed by atoms with Crippen LogP contribution in [0.5, 0.6) is 11.5 Å². The lowest BCUT2D eigenvalue weighted by molar-refractivity contribution is 0.467. The molecule has 0 heterocycles. The zero-order valence-corrected chi connectivity index (χ0v) is 14.3. The maximum absolute atomic E-state index is 9.32. The minimum absolute atomic E-state index is 0.869. The highest BCUT2D eigenvalue weighted by Gasteiger charge is 1.93. The Labute approximate surface area is 145 Å². The van der Waals surface area contributed by atoms with Gasteiger partial charge in [-0.1, -0.05) is 36.4 Å². The average molecular weight is 394 g/mol. The molecule has 0 fully saturated rings. The Morgan fingerprint density at radius 3 is 1.12 bits per heavy atom. The van der Waals surface area contributed by atoms with Gasteiger partial charge in [0.25, 0.3) is 0 Å². The standard InChI is InChI=1S/C12H10O.2H4N2O3S/c1-3-7-11(8-4-1)13-12-9-5-2-6-10-12;2*1-2-6(3,4)5/h1-10H;2*2H,1H2,(H,3,4,5). The fourth-order valence-electron chi connectivity index (χ4n) is 1.11. The van der Waals surface area contributed by atoms with E-state index in [4.69, 9.17) is 13.8 Å². The number of para-hydroxylation sites is 2. The Kier molecular flexibility index (Phi) is 10.5. The molecule has 0 atom stereocenters. The van der Waals surface area contributed by atoms with Gasteiger partial charge >= 0.3 is 20.6 Å². The molecule has 0 unspecified atom stereocenters. The monoisotopic (exact) mass is 394 g/mol. The fourth-order valence-corrected chi connectivity index (χ4v) is 1.11. The second-order valence-electron chi connectivity index (χ2n) is 3.91. The fraction of sp³-hybridized carbons (Fsp3) is 0. The van der Waals surface area contributed by atoms with E-state index >= 15 is 0 Å². The maximum Gasteiger partial charge on any atom is 0.346 e. The number of hydrogen-bond acceptors (Lipinski definition) is 7. The normalized spacial score (nSPS) is 10.6. The quantitative estimate of drug-likeness (QED) is 0.235. The van der Waals surface area contributed by atoms with E-state index in [1.807, 2.05) is 60.7 Å². The molecule has 0 spiro atoms. The van der Waals surface area contributed by atoms with Gasteiger partial charge in [0, 0.05) is 0 Å². The molecule has 0 aliphatic rings. The predicted molar refractivity (Wildman–Crippen MR) is 90.7 cm³/mol. The lowest BCUT2D eigenvalue weighted by Gasteiger charge is -2.03. The minimum Gasteiger partial charge on any atom is -0.457 e. The van der Waals surface area contributed by atoms with E-state index in [9.17, 15) is 16.8 Å². The van der Waals surface area contributed by atoms with Crippen molar-refractivity contribution in [2.24, 2.45) is 11.7 Å². The second-order valence-corrected chi connectivity index (χ2v) is 6.29. The molecule has 2 aromatic carbocycles. The average Bonchev–Trinajstić information content (AvgIpc) is 2.57. The zero-order chi connectivity index (χ0) is 19.3. The van der Waals surface area contributed by atoms with Crippen LogP contribution in [-0.2, 0) is 20.6 Å². The number of ether oxygens (including phenoxy) is 1. The van der Waals surface area contributed by atoms with Gasteiger partial charge in [-0.05, 0) is 24.3 Å². The van der Waals surface area contributed by atoms with Gasteiger partial charge in [0.15, 0.2) is 0 Å². The van der Waals surface area contributed by atoms with E-state index < -0.39 is 20.6 Å². The van der Waals surface area contributed by atoms with Gasteiger partial charge in [-0.15, -0.1) is 9.66 Å². The van der Waals surface area contributed by atoms with Crippen molar-refractivity contribution >= 4 is 20.6 Å². The van der Waals surface area contributed by atoms with Crippen molar-refractivity contribution in [2.75, 3.05) is 0 Å². The van der Waals surface area contributed by atoms with Crippen molar-refractivity contribution in [1.82, 2.24) is 9.66 Å². The number of benzene rings is 2. The van der Waals surface area contributed by atoms with E-state index in [0.717, 1.165) is 21.2 Å². The Morgan fingerprint density at radius 2 is 0.920 bits per heavy atom. The molecule has 25 heavy (non-hydrogen) atoms. The molecule has 0 aliphatic carbocycles. The van der Waals surface area contributed by atoms with Gasteiger partial charge in [0.2, 0.25) is 0 Å². The molecule has 0 bridgehead atoms. The van der Waals surface area contributed by atoms with Crippen LogP contribution < -0.4 is 26.1 Å². The summed E-state index contributed by atoms with van der Waals surface area (Å²) in [6.45, 7) is 0. The van der Waals surface area contributed by atoms with Crippen LogP contribution in [0.1, 0.15) is 0 Å². The van der Waals surface area contributed by atoms with Crippen LogP contribution in [-0.4, -0.2) is 25.9 Å². The van der Waals surface area contributed by atoms with Crippen LogP contribution >= 0.6 is 0 Å². The molecule has 140 valence electrons. The smallest absolute Gasteiger partial charge is 0.346 e. The third kappa shape index (κ3) is 15.2. The summed E-state index contributed by atoms with van der Waals surface area (Å²) in [5.74, 6) is 10.2. The van der Waals surface area contributed by atoms with Crippen molar-refractivity contribution in [3.8, 4) is 11.5 Å². The van der Waals surface area contributed by atoms with Crippen molar-refractivity contribution in [2.45, 2.75) is 0 Å². The van der Waals surface area contributed by atoms with E-state index in [2.05, 4.69) is 11.7 Å². The van der Waals surface area contributed by atoms with Crippen LogP contribution in [0.25, 0.3) is 0 Å². The summed E-state index contributed by atoms with van der Waals surface area (Å²) in [6, 6.07) is 19.5. The summed E-state index contributed by atoms with van der Waals surface area (Å²) < 4.78 is 58.0. The first-order valence-electron chi connectivity index (χ1n) is 6.25. The van der Waals surface area contributed by atoms with Crippen LogP contribution in [0, 0.1) is 0 Å². The first-order chi connectivity index (χ1) is 11.6. The molecule has 2 aromatic rings. The van der Waals surface area contributed by atoms with E-state index in [1.165, 1.54) is 0 Å². The molecule has 0 radical (unpaired) electrons. The third-order valence-electron chi connectivity index (χ3n) is 2.02. The highest BCUT2D eigenvalue weighted by atomic mass is 32.2. The van der Waals surface area contributed by atoms with Crippen molar-refractivity contribution in [1.29, 1.82) is 0 Å².